The minimum Gasteiger partial charge on any atom is -0.313 e. The van der Waals surface area contributed by atoms with Gasteiger partial charge in [0.2, 0.25) is 10.0 Å². The third-order valence-corrected chi connectivity index (χ3v) is 4.36. The number of hydrogen-bond donors (Lipinski definition) is 2. The standard InChI is InChI=1S/C12H13F3N2O2S/c13-9-1-2-10(12(15)11(9)14)20(18,19)17-7-8-3-5-16-6-4-8/h1-3,16-17H,4-7H2. The van der Waals surface area contributed by atoms with Gasteiger partial charge in [0.25, 0.3) is 0 Å². The van der Waals surface area contributed by atoms with Gasteiger partial charge in [-0.3, -0.25) is 0 Å². The molecule has 1 aromatic carbocycles. The van der Waals surface area contributed by atoms with Gasteiger partial charge in [-0.25, -0.2) is 26.3 Å². The van der Waals surface area contributed by atoms with E-state index in [1.54, 1.807) is 0 Å². The molecule has 2 rings (SSSR count). The number of hydrogen-bond acceptors (Lipinski definition) is 3. The van der Waals surface area contributed by atoms with Crippen LogP contribution in [0.15, 0.2) is 28.7 Å². The molecule has 2 N–H and O–H groups in total. The van der Waals surface area contributed by atoms with Crippen molar-refractivity contribution >= 4 is 10.0 Å². The van der Waals surface area contributed by atoms with Gasteiger partial charge in [-0.1, -0.05) is 11.6 Å². The van der Waals surface area contributed by atoms with E-state index in [9.17, 15) is 21.6 Å². The Kier molecular flexibility index (Phi) is 4.46. The van der Waals surface area contributed by atoms with Gasteiger partial charge in [0, 0.05) is 13.1 Å². The summed E-state index contributed by atoms with van der Waals surface area (Å²) >= 11 is 0. The average molecular weight is 306 g/mol. The van der Waals surface area contributed by atoms with Crippen molar-refractivity contribution in [3.63, 3.8) is 0 Å². The van der Waals surface area contributed by atoms with E-state index >= 15 is 0 Å². The predicted octanol–water partition coefficient (Wildman–Crippen LogP) is 1.30. The number of nitrogens with one attached hydrogen (secondary N) is 2. The predicted molar refractivity (Wildman–Crippen MR) is 67.1 cm³/mol. The molecule has 0 bridgehead atoms. The van der Waals surface area contributed by atoms with Crippen molar-refractivity contribution in [1.82, 2.24) is 10.0 Å². The van der Waals surface area contributed by atoms with E-state index in [-0.39, 0.29) is 6.54 Å². The summed E-state index contributed by atoms with van der Waals surface area (Å²) in [5, 5.41) is 3.06. The highest BCUT2D eigenvalue weighted by Gasteiger charge is 2.24. The molecule has 0 fully saturated rings. The summed E-state index contributed by atoms with van der Waals surface area (Å²) in [5.41, 5.74) is 0.857. The Labute approximate surface area is 114 Å². The Bertz CT molecular complexity index is 644. The normalized spacial score (nSPS) is 16.1. The lowest BCUT2D eigenvalue weighted by Gasteiger charge is -2.15. The molecule has 0 unspecified atom stereocenters. The quantitative estimate of drug-likeness (QED) is 0.651. The van der Waals surface area contributed by atoms with Gasteiger partial charge in [0.1, 0.15) is 4.90 Å². The molecule has 0 spiro atoms. The second kappa shape index (κ2) is 5.94. The molecule has 1 heterocycles. The van der Waals surface area contributed by atoms with E-state index in [1.807, 2.05) is 6.08 Å². The molecule has 0 aromatic heterocycles. The molecular formula is C12H13F3N2O2S. The number of halogens is 3. The smallest absolute Gasteiger partial charge is 0.243 e. The Hall–Kier alpha value is -1.38. The highest BCUT2D eigenvalue weighted by Crippen LogP contribution is 2.19. The molecule has 0 saturated carbocycles. The lowest BCUT2D eigenvalue weighted by Crippen LogP contribution is -2.30. The van der Waals surface area contributed by atoms with Crippen molar-refractivity contribution in [1.29, 1.82) is 0 Å². The fourth-order valence-corrected chi connectivity index (χ4v) is 2.91. The number of sulfonamides is 1. The van der Waals surface area contributed by atoms with Crippen LogP contribution < -0.4 is 10.0 Å². The Morgan fingerprint density at radius 2 is 1.95 bits per heavy atom. The van der Waals surface area contributed by atoms with Crippen LogP contribution in [0.1, 0.15) is 6.42 Å². The van der Waals surface area contributed by atoms with Crippen LogP contribution in [0.2, 0.25) is 0 Å². The molecule has 0 saturated heterocycles. The van der Waals surface area contributed by atoms with E-state index in [1.165, 1.54) is 0 Å². The van der Waals surface area contributed by atoms with Crippen molar-refractivity contribution in [2.75, 3.05) is 19.6 Å². The van der Waals surface area contributed by atoms with Crippen LogP contribution in [-0.2, 0) is 10.0 Å². The van der Waals surface area contributed by atoms with Gasteiger partial charge in [-0.2, -0.15) is 0 Å². The third-order valence-electron chi connectivity index (χ3n) is 2.94. The summed E-state index contributed by atoms with van der Waals surface area (Å²) in [7, 11) is -4.22. The first-order chi connectivity index (χ1) is 9.42. The lowest BCUT2D eigenvalue weighted by atomic mass is 10.1. The summed E-state index contributed by atoms with van der Waals surface area (Å²) in [5.74, 6) is -4.94. The molecule has 0 atom stereocenters. The fourth-order valence-electron chi connectivity index (χ4n) is 1.81. The summed E-state index contributed by atoms with van der Waals surface area (Å²) in [6, 6.07) is 1.28. The molecule has 1 aromatic rings. The molecule has 110 valence electrons. The van der Waals surface area contributed by atoms with E-state index in [2.05, 4.69) is 10.0 Å². The minimum atomic E-state index is -4.22. The zero-order valence-corrected chi connectivity index (χ0v) is 11.2. The van der Waals surface area contributed by atoms with Crippen molar-refractivity contribution < 1.29 is 21.6 Å². The maximum atomic E-state index is 13.5. The van der Waals surface area contributed by atoms with Gasteiger partial charge in [-0.05, 0) is 25.1 Å². The molecular weight excluding hydrogens is 293 g/mol. The second-order valence-electron chi connectivity index (χ2n) is 4.31. The van der Waals surface area contributed by atoms with Gasteiger partial charge in [0.15, 0.2) is 17.5 Å². The highest BCUT2D eigenvalue weighted by atomic mass is 32.2. The Morgan fingerprint density at radius 3 is 2.60 bits per heavy atom. The van der Waals surface area contributed by atoms with E-state index < -0.39 is 32.4 Å². The van der Waals surface area contributed by atoms with E-state index in [0.717, 1.165) is 12.1 Å². The van der Waals surface area contributed by atoms with Gasteiger partial charge in [-0.15, -0.1) is 0 Å². The summed E-state index contributed by atoms with van der Waals surface area (Å²) in [6.45, 7) is 1.38. The van der Waals surface area contributed by atoms with Crippen LogP contribution in [0.5, 0.6) is 0 Å². The molecule has 0 radical (unpaired) electrons. The van der Waals surface area contributed by atoms with Crippen LogP contribution in [0, 0.1) is 17.5 Å². The third kappa shape index (κ3) is 3.20. The monoisotopic (exact) mass is 306 g/mol. The number of benzene rings is 1. The molecule has 1 aliphatic rings. The maximum absolute atomic E-state index is 13.5. The summed E-state index contributed by atoms with van der Waals surface area (Å²) in [6.07, 6.45) is 2.50. The molecule has 20 heavy (non-hydrogen) atoms. The summed E-state index contributed by atoms with van der Waals surface area (Å²) < 4.78 is 65.2. The molecule has 1 aliphatic heterocycles. The van der Waals surface area contributed by atoms with E-state index in [0.29, 0.717) is 25.1 Å². The van der Waals surface area contributed by atoms with Crippen molar-refractivity contribution in [2.24, 2.45) is 0 Å². The van der Waals surface area contributed by atoms with Gasteiger partial charge in [0.05, 0.1) is 0 Å². The first kappa shape index (κ1) is 15.0. The molecule has 8 heteroatoms. The molecule has 4 nitrogen and oxygen atoms in total. The van der Waals surface area contributed by atoms with Crippen LogP contribution in [0.3, 0.4) is 0 Å². The maximum Gasteiger partial charge on any atom is 0.243 e. The first-order valence-corrected chi connectivity index (χ1v) is 7.42. The number of rotatable bonds is 4. The summed E-state index contributed by atoms with van der Waals surface area (Å²) in [4.78, 5) is -0.897. The second-order valence-corrected chi connectivity index (χ2v) is 6.05. The fraction of sp³-hybridized carbons (Fsp3) is 0.333. The van der Waals surface area contributed by atoms with Crippen LogP contribution in [-0.4, -0.2) is 28.1 Å². The Morgan fingerprint density at radius 1 is 1.20 bits per heavy atom. The van der Waals surface area contributed by atoms with Crippen LogP contribution in [0.25, 0.3) is 0 Å². The zero-order chi connectivity index (χ0) is 14.8. The van der Waals surface area contributed by atoms with Crippen molar-refractivity contribution in [3.05, 3.63) is 41.2 Å². The SMILES string of the molecule is O=S(=O)(NCC1=CCNCC1)c1ccc(F)c(F)c1F. The largest absolute Gasteiger partial charge is 0.313 e. The molecule has 0 amide bonds. The topological polar surface area (TPSA) is 58.2 Å². The minimum absolute atomic E-state index is 0.0163. The van der Waals surface area contributed by atoms with Crippen molar-refractivity contribution in [3.8, 4) is 0 Å². The Balaban J connectivity index is 2.18. The zero-order valence-electron chi connectivity index (χ0n) is 10.4. The van der Waals surface area contributed by atoms with Gasteiger partial charge < -0.3 is 5.32 Å². The van der Waals surface area contributed by atoms with Gasteiger partial charge >= 0.3 is 0 Å². The first-order valence-electron chi connectivity index (χ1n) is 5.93. The van der Waals surface area contributed by atoms with Crippen LogP contribution in [0.4, 0.5) is 13.2 Å². The molecule has 0 aliphatic carbocycles. The average Bonchev–Trinajstić information content (AvgIpc) is 2.44. The van der Waals surface area contributed by atoms with Crippen LogP contribution >= 0.6 is 0 Å². The lowest BCUT2D eigenvalue weighted by molar-refractivity contribution is 0.431. The highest BCUT2D eigenvalue weighted by molar-refractivity contribution is 7.89. The van der Waals surface area contributed by atoms with Crippen molar-refractivity contribution in [2.45, 2.75) is 11.3 Å². The van der Waals surface area contributed by atoms with E-state index in [4.69, 9.17) is 0 Å².